The van der Waals surface area contributed by atoms with E-state index in [1.165, 1.54) is 28.4 Å². The van der Waals surface area contributed by atoms with Gasteiger partial charge < -0.3 is 10.2 Å². The third-order valence-corrected chi connectivity index (χ3v) is 5.97. The molecule has 1 aliphatic rings. The summed E-state index contributed by atoms with van der Waals surface area (Å²) < 4.78 is 49.6. The van der Waals surface area contributed by atoms with Crippen molar-refractivity contribution < 1.29 is 22.4 Å². The first-order chi connectivity index (χ1) is 14.3. The van der Waals surface area contributed by atoms with Gasteiger partial charge in [0.25, 0.3) is 0 Å². The van der Waals surface area contributed by atoms with Gasteiger partial charge >= 0.3 is 12.2 Å². The van der Waals surface area contributed by atoms with Crippen molar-refractivity contribution >= 4 is 17.4 Å². The van der Waals surface area contributed by atoms with Gasteiger partial charge in [-0.05, 0) is 35.4 Å². The predicted molar refractivity (Wildman–Crippen MR) is 107 cm³/mol. The molecule has 3 aromatic rings. The molecule has 1 N–H and O–H groups in total. The summed E-state index contributed by atoms with van der Waals surface area (Å²) in [6, 6.07) is 13.3. The van der Waals surface area contributed by atoms with Crippen LogP contribution in [0.1, 0.15) is 11.5 Å². The van der Waals surface area contributed by atoms with Gasteiger partial charge in [0, 0.05) is 30.8 Å². The van der Waals surface area contributed by atoms with E-state index in [9.17, 15) is 22.4 Å². The molecule has 2 amide bonds. The number of alkyl halides is 3. The topological polar surface area (TPSA) is 45.2 Å². The second kappa shape index (κ2) is 8.06. The highest BCUT2D eigenvalue weighted by molar-refractivity contribution is 7.18. The second-order valence-electron chi connectivity index (χ2n) is 7.03. The van der Waals surface area contributed by atoms with Gasteiger partial charge in [-0.15, -0.1) is 11.3 Å². The molecule has 0 spiro atoms. The van der Waals surface area contributed by atoms with E-state index in [0.29, 0.717) is 13.1 Å². The molecule has 4 nitrogen and oxygen atoms in total. The Balaban J connectivity index is 1.35. The SMILES string of the molecule is O=C(NCC(F)(F)F)N1CC(c2ccc(-c3cnc(-c4ccc(F)cc4)s3)cc2)C1. The van der Waals surface area contributed by atoms with Crippen LogP contribution in [0.2, 0.25) is 0 Å². The number of likely N-dealkylation sites (tertiary alicyclic amines) is 1. The molecule has 1 aliphatic heterocycles. The standard InChI is InChI=1S/C21H17F4N3OS/c22-17-7-5-15(6-8-17)19-26-9-18(30-19)14-3-1-13(2-4-14)16-10-28(11-16)20(29)27-12-21(23,24)25/h1-9,16H,10-12H2,(H,27,29). The lowest BCUT2D eigenvalue weighted by atomic mass is 9.91. The van der Waals surface area contributed by atoms with Gasteiger partial charge in [0.2, 0.25) is 0 Å². The zero-order chi connectivity index (χ0) is 21.3. The monoisotopic (exact) mass is 435 g/mol. The van der Waals surface area contributed by atoms with Crippen molar-refractivity contribution in [3.05, 3.63) is 66.1 Å². The van der Waals surface area contributed by atoms with Crippen LogP contribution in [0.3, 0.4) is 0 Å². The molecule has 0 bridgehead atoms. The number of thiazole rings is 1. The minimum Gasteiger partial charge on any atom is -0.329 e. The van der Waals surface area contributed by atoms with Crippen LogP contribution in [0, 0.1) is 5.82 Å². The molecule has 30 heavy (non-hydrogen) atoms. The fraction of sp³-hybridized carbons (Fsp3) is 0.238. The Morgan fingerprint density at radius 2 is 1.70 bits per heavy atom. The van der Waals surface area contributed by atoms with E-state index in [0.717, 1.165) is 26.6 Å². The van der Waals surface area contributed by atoms with Gasteiger partial charge in [0.15, 0.2) is 0 Å². The second-order valence-corrected chi connectivity index (χ2v) is 8.07. The average Bonchev–Trinajstić information content (AvgIpc) is 3.16. The number of carbonyl (C=O) groups excluding carboxylic acids is 1. The van der Waals surface area contributed by atoms with Crippen LogP contribution in [-0.2, 0) is 0 Å². The molecule has 2 heterocycles. The largest absolute Gasteiger partial charge is 0.405 e. The molecule has 9 heteroatoms. The van der Waals surface area contributed by atoms with Crippen molar-refractivity contribution in [3.63, 3.8) is 0 Å². The summed E-state index contributed by atoms with van der Waals surface area (Å²) in [5, 5.41) is 2.68. The first-order valence-electron chi connectivity index (χ1n) is 9.20. The maximum Gasteiger partial charge on any atom is 0.405 e. The summed E-state index contributed by atoms with van der Waals surface area (Å²) in [7, 11) is 0. The van der Waals surface area contributed by atoms with Crippen molar-refractivity contribution in [1.29, 1.82) is 0 Å². The summed E-state index contributed by atoms with van der Waals surface area (Å²) in [4.78, 5) is 18.5. The fourth-order valence-corrected chi connectivity index (χ4v) is 4.12. The Labute approximate surface area is 174 Å². The summed E-state index contributed by atoms with van der Waals surface area (Å²) in [5.74, 6) is -0.189. The van der Waals surface area contributed by atoms with E-state index < -0.39 is 18.8 Å². The van der Waals surface area contributed by atoms with Crippen molar-refractivity contribution in [3.8, 4) is 21.0 Å². The van der Waals surface area contributed by atoms with E-state index in [1.54, 1.807) is 18.3 Å². The Morgan fingerprint density at radius 3 is 2.33 bits per heavy atom. The number of urea groups is 1. The van der Waals surface area contributed by atoms with Crippen LogP contribution >= 0.6 is 11.3 Å². The number of nitrogens with one attached hydrogen (secondary N) is 1. The molecule has 1 fully saturated rings. The minimum atomic E-state index is -4.41. The highest BCUT2D eigenvalue weighted by atomic mass is 32.1. The smallest absolute Gasteiger partial charge is 0.329 e. The molecular formula is C21H17F4N3OS. The number of carbonyl (C=O) groups is 1. The van der Waals surface area contributed by atoms with Gasteiger partial charge in [-0.3, -0.25) is 0 Å². The quantitative estimate of drug-likeness (QED) is 0.566. The lowest BCUT2D eigenvalue weighted by molar-refractivity contribution is -0.123. The molecule has 1 aromatic heterocycles. The first kappa shape index (κ1) is 20.3. The number of hydrogen-bond acceptors (Lipinski definition) is 3. The molecular weight excluding hydrogens is 418 g/mol. The number of rotatable bonds is 4. The molecule has 0 aliphatic carbocycles. The number of halogens is 4. The zero-order valence-electron chi connectivity index (χ0n) is 15.6. The van der Waals surface area contributed by atoms with Gasteiger partial charge in [0.1, 0.15) is 17.4 Å². The molecule has 2 aromatic carbocycles. The highest BCUT2D eigenvalue weighted by Crippen LogP contribution is 2.34. The Morgan fingerprint density at radius 1 is 1.07 bits per heavy atom. The van der Waals surface area contributed by atoms with Crippen molar-refractivity contribution in [2.24, 2.45) is 0 Å². The van der Waals surface area contributed by atoms with E-state index in [2.05, 4.69) is 4.98 Å². The maximum atomic E-state index is 13.1. The summed E-state index contributed by atoms with van der Waals surface area (Å²) >= 11 is 1.50. The van der Waals surface area contributed by atoms with Gasteiger partial charge in [-0.2, -0.15) is 13.2 Å². The van der Waals surface area contributed by atoms with Gasteiger partial charge in [-0.25, -0.2) is 14.2 Å². The Hall–Kier alpha value is -2.94. The fourth-order valence-electron chi connectivity index (χ4n) is 3.20. The van der Waals surface area contributed by atoms with Crippen LogP contribution in [0.5, 0.6) is 0 Å². The van der Waals surface area contributed by atoms with E-state index in [4.69, 9.17) is 0 Å². The van der Waals surface area contributed by atoms with E-state index in [-0.39, 0.29) is 11.7 Å². The summed E-state index contributed by atoms with van der Waals surface area (Å²) in [5.41, 5.74) is 2.87. The minimum absolute atomic E-state index is 0.104. The van der Waals surface area contributed by atoms with Crippen LogP contribution in [0.15, 0.2) is 54.7 Å². The molecule has 0 atom stereocenters. The van der Waals surface area contributed by atoms with Crippen LogP contribution in [0.4, 0.5) is 22.4 Å². The van der Waals surface area contributed by atoms with Crippen molar-refractivity contribution in [2.75, 3.05) is 19.6 Å². The molecule has 0 radical (unpaired) electrons. The Bertz CT molecular complexity index is 1030. The van der Waals surface area contributed by atoms with Crippen molar-refractivity contribution in [1.82, 2.24) is 15.2 Å². The van der Waals surface area contributed by atoms with Crippen molar-refractivity contribution in [2.45, 2.75) is 12.1 Å². The van der Waals surface area contributed by atoms with Crippen LogP contribution in [-0.4, -0.2) is 41.7 Å². The molecule has 0 unspecified atom stereocenters. The number of hydrogen-bond donors (Lipinski definition) is 1. The Kier molecular flexibility index (Phi) is 5.46. The van der Waals surface area contributed by atoms with Crippen LogP contribution in [0.25, 0.3) is 21.0 Å². The third kappa shape index (κ3) is 4.62. The van der Waals surface area contributed by atoms with E-state index in [1.807, 2.05) is 29.6 Å². The normalized spacial score (nSPS) is 14.5. The molecule has 156 valence electrons. The highest BCUT2D eigenvalue weighted by Gasteiger charge is 2.34. The predicted octanol–water partition coefficient (Wildman–Crippen LogP) is 5.29. The first-order valence-corrected chi connectivity index (χ1v) is 10.0. The lowest BCUT2D eigenvalue weighted by Crippen LogP contribution is -2.53. The maximum absolute atomic E-state index is 13.1. The number of benzene rings is 2. The van der Waals surface area contributed by atoms with Crippen LogP contribution < -0.4 is 5.32 Å². The van der Waals surface area contributed by atoms with Gasteiger partial charge in [0.05, 0.1) is 4.88 Å². The summed E-state index contributed by atoms with van der Waals surface area (Å²) in [6.07, 6.45) is -2.64. The molecule has 0 saturated carbocycles. The number of nitrogens with zero attached hydrogens (tertiary/aromatic N) is 2. The number of aromatic nitrogens is 1. The third-order valence-electron chi connectivity index (χ3n) is 4.87. The summed E-state index contributed by atoms with van der Waals surface area (Å²) in [6.45, 7) is -0.549. The number of amides is 2. The zero-order valence-corrected chi connectivity index (χ0v) is 16.4. The van der Waals surface area contributed by atoms with Gasteiger partial charge in [-0.1, -0.05) is 24.3 Å². The average molecular weight is 435 g/mol. The van der Waals surface area contributed by atoms with E-state index >= 15 is 0 Å². The molecule has 1 saturated heterocycles. The lowest BCUT2D eigenvalue weighted by Gasteiger charge is -2.39. The molecule has 4 rings (SSSR count).